The highest BCUT2D eigenvalue weighted by Gasteiger charge is 2.20. The van der Waals surface area contributed by atoms with Crippen LogP contribution in [0, 0.1) is 0 Å². The largest absolute Gasteiger partial charge is 0.394 e. The minimum atomic E-state index is -1.52. The Bertz CT molecular complexity index is 672. The van der Waals surface area contributed by atoms with Crippen molar-refractivity contribution in [2.75, 3.05) is 6.61 Å². The number of aromatic nitrogens is 2. The van der Waals surface area contributed by atoms with Crippen LogP contribution in [-0.4, -0.2) is 49.9 Å². The van der Waals surface area contributed by atoms with Crippen LogP contribution in [0.2, 0.25) is 0 Å². The SMILES string of the molecule is CCCCCCCCCCCCCC=CC(=O)C(O)C(O)CO.O=c1cc[nH]c(=O)[nH]1. The van der Waals surface area contributed by atoms with E-state index in [1.165, 1.54) is 76.1 Å². The number of aromatic amines is 2. The molecule has 31 heavy (non-hydrogen) atoms. The molecule has 1 rings (SSSR count). The summed E-state index contributed by atoms with van der Waals surface area (Å²) in [5.74, 6) is -0.547. The molecule has 8 heteroatoms. The molecule has 1 aromatic heterocycles. The van der Waals surface area contributed by atoms with Crippen LogP contribution < -0.4 is 11.2 Å². The number of unbranched alkanes of at least 4 members (excludes halogenated alkanes) is 11. The summed E-state index contributed by atoms with van der Waals surface area (Å²) in [5.41, 5.74) is -0.855. The molecule has 1 aromatic rings. The molecule has 0 spiro atoms. The minimum absolute atomic E-state index is 0.381. The molecule has 0 aliphatic carbocycles. The molecular formula is C23H40N2O6. The van der Waals surface area contributed by atoms with Crippen molar-refractivity contribution < 1.29 is 20.1 Å². The fourth-order valence-electron chi connectivity index (χ4n) is 2.90. The normalized spacial score (nSPS) is 12.9. The summed E-state index contributed by atoms with van der Waals surface area (Å²) in [6.45, 7) is 1.63. The first kappa shape index (κ1) is 29.0. The second-order valence-corrected chi connectivity index (χ2v) is 7.62. The number of hydrogen-bond acceptors (Lipinski definition) is 6. The summed E-state index contributed by atoms with van der Waals surface area (Å²) in [5, 5.41) is 27.2. The molecule has 0 saturated heterocycles. The third-order valence-corrected chi connectivity index (χ3v) is 4.79. The molecule has 0 fully saturated rings. The van der Waals surface area contributed by atoms with Gasteiger partial charge in [-0.3, -0.25) is 14.6 Å². The standard InChI is InChI=1S/C19H36O4.C4H4N2O2/c1-2-3-4-5-6-7-8-9-10-11-12-13-14-15-17(21)19(23)18(22)16-20;7-3-1-2-5-4(8)6-3/h14-15,18-20,22-23H,2-13,16H2,1H3;1-2H,(H2,5,6,7,8). The Morgan fingerprint density at radius 1 is 0.968 bits per heavy atom. The predicted molar refractivity (Wildman–Crippen MR) is 122 cm³/mol. The third-order valence-electron chi connectivity index (χ3n) is 4.79. The molecule has 0 aliphatic rings. The van der Waals surface area contributed by atoms with E-state index in [-0.39, 0.29) is 5.56 Å². The van der Waals surface area contributed by atoms with Crippen LogP contribution in [0.4, 0.5) is 0 Å². The zero-order chi connectivity index (χ0) is 23.3. The fourth-order valence-corrected chi connectivity index (χ4v) is 2.90. The Hall–Kier alpha value is -2.03. The van der Waals surface area contributed by atoms with E-state index in [1.54, 1.807) is 6.08 Å². The number of aliphatic hydroxyl groups is 3. The molecule has 0 radical (unpaired) electrons. The van der Waals surface area contributed by atoms with Gasteiger partial charge in [0.15, 0.2) is 5.78 Å². The van der Waals surface area contributed by atoms with Crippen LogP contribution in [0.1, 0.15) is 84.0 Å². The maximum atomic E-state index is 11.4. The minimum Gasteiger partial charge on any atom is -0.394 e. The van der Waals surface area contributed by atoms with Gasteiger partial charge in [-0.15, -0.1) is 0 Å². The molecule has 1 heterocycles. The van der Waals surface area contributed by atoms with E-state index in [9.17, 15) is 19.5 Å². The quantitative estimate of drug-likeness (QED) is 0.197. The molecule has 0 amide bonds. The van der Waals surface area contributed by atoms with Gasteiger partial charge >= 0.3 is 5.69 Å². The predicted octanol–water partition coefficient (Wildman–Crippen LogP) is 2.59. The van der Waals surface area contributed by atoms with Crippen LogP contribution in [-0.2, 0) is 4.79 Å². The van der Waals surface area contributed by atoms with Crippen molar-refractivity contribution in [1.82, 2.24) is 9.97 Å². The van der Waals surface area contributed by atoms with Gasteiger partial charge in [-0.25, -0.2) is 4.79 Å². The fraction of sp³-hybridized carbons (Fsp3) is 0.696. The van der Waals surface area contributed by atoms with Crippen molar-refractivity contribution in [3.05, 3.63) is 45.3 Å². The third kappa shape index (κ3) is 17.4. The Balaban J connectivity index is 0.000000929. The Morgan fingerprint density at radius 3 is 1.97 bits per heavy atom. The number of ketones is 1. The van der Waals surface area contributed by atoms with Gasteiger partial charge in [-0.2, -0.15) is 0 Å². The molecule has 0 aromatic carbocycles. The molecule has 2 atom stereocenters. The van der Waals surface area contributed by atoms with Crippen molar-refractivity contribution in [3.63, 3.8) is 0 Å². The van der Waals surface area contributed by atoms with Crippen LogP contribution >= 0.6 is 0 Å². The van der Waals surface area contributed by atoms with Crippen molar-refractivity contribution in [2.24, 2.45) is 0 Å². The van der Waals surface area contributed by atoms with Crippen molar-refractivity contribution >= 4 is 5.78 Å². The number of rotatable bonds is 16. The molecule has 0 aliphatic heterocycles. The van der Waals surface area contributed by atoms with Gasteiger partial charge in [0.2, 0.25) is 0 Å². The van der Waals surface area contributed by atoms with Crippen molar-refractivity contribution in [1.29, 1.82) is 0 Å². The summed E-state index contributed by atoms with van der Waals surface area (Å²) in [6, 6.07) is 1.24. The number of carbonyl (C=O) groups excluding carboxylic acids is 1. The summed E-state index contributed by atoms with van der Waals surface area (Å²) in [6.07, 6.45) is 16.4. The lowest BCUT2D eigenvalue weighted by Crippen LogP contribution is -2.35. The first-order valence-corrected chi connectivity index (χ1v) is 11.4. The number of H-pyrrole nitrogens is 2. The van der Waals surface area contributed by atoms with Crippen LogP contribution in [0.3, 0.4) is 0 Å². The second kappa shape index (κ2) is 19.9. The molecule has 5 N–H and O–H groups in total. The van der Waals surface area contributed by atoms with Gasteiger partial charge in [0.05, 0.1) is 6.61 Å². The summed E-state index contributed by atoms with van der Waals surface area (Å²) in [4.78, 5) is 36.1. The monoisotopic (exact) mass is 440 g/mol. The van der Waals surface area contributed by atoms with Gasteiger partial charge in [0.25, 0.3) is 5.56 Å². The molecule has 0 bridgehead atoms. The lowest BCUT2D eigenvalue weighted by molar-refractivity contribution is -0.129. The Morgan fingerprint density at radius 2 is 1.52 bits per heavy atom. The Kier molecular flexibility index (Phi) is 18.6. The highest BCUT2D eigenvalue weighted by atomic mass is 16.4. The summed E-state index contributed by atoms with van der Waals surface area (Å²) < 4.78 is 0. The maximum absolute atomic E-state index is 11.4. The van der Waals surface area contributed by atoms with E-state index in [4.69, 9.17) is 10.2 Å². The first-order valence-electron chi connectivity index (χ1n) is 11.4. The second-order valence-electron chi connectivity index (χ2n) is 7.62. The molecule has 178 valence electrons. The van der Waals surface area contributed by atoms with Gasteiger partial charge in [-0.05, 0) is 18.9 Å². The van der Waals surface area contributed by atoms with Crippen LogP contribution in [0.5, 0.6) is 0 Å². The zero-order valence-corrected chi connectivity index (χ0v) is 18.7. The molecule has 8 nitrogen and oxygen atoms in total. The lowest BCUT2D eigenvalue weighted by atomic mass is 10.0. The lowest BCUT2D eigenvalue weighted by Gasteiger charge is -2.11. The molecule has 0 saturated carbocycles. The number of hydrogen-bond donors (Lipinski definition) is 5. The van der Waals surface area contributed by atoms with Crippen molar-refractivity contribution in [2.45, 2.75) is 96.2 Å². The molecule has 2 unspecified atom stereocenters. The first-order chi connectivity index (χ1) is 14.9. The van der Waals surface area contributed by atoms with Gasteiger partial charge in [0, 0.05) is 12.3 Å². The average Bonchev–Trinajstić information content (AvgIpc) is 2.76. The highest BCUT2D eigenvalue weighted by molar-refractivity contribution is 5.93. The van der Waals surface area contributed by atoms with E-state index in [0.29, 0.717) is 0 Å². The topological polar surface area (TPSA) is 143 Å². The summed E-state index contributed by atoms with van der Waals surface area (Å²) >= 11 is 0. The van der Waals surface area contributed by atoms with E-state index in [2.05, 4.69) is 11.9 Å². The average molecular weight is 441 g/mol. The van der Waals surface area contributed by atoms with Crippen LogP contribution in [0.25, 0.3) is 0 Å². The maximum Gasteiger partial charge on any atom is 0.325 e. The van der Waals surface area contributed by atoms with E-state index < -0.39 is 30.3 Å². The van der Waals surface area contributed by atoms with Gasteiger partial charge in [-0.1, -0.05) is 77.2 Å². The highest BCUT2D eigenvalue weighted by Crippen LogP contribution is 2.12. The molecular weight excluding hydrogens is 400 g/mol. The van der Waals surface area contributed by atoms with E-state index in [0.717, 1.165) is 19.3 Å². The number of nitrogens with one attached hydrogen (secondary N) is 2. The van der Waals surface area contributed by atoms with E-state index in [1.807, 2.05) is 4.98 Å². The zero-order valence-electron chi connectivity index (χ0n) is 18.7. The van der Waals surface area contributed by atoms with Gasteiger partial charge < -0.3 is 20.3 Å². The Labute approximate surface area is 184 Å². The smallest absolute Gasteiger partial charge is 0.325 e. The van der Waals surface area contributed by atoms with E-state index >= 15 is 0 Å². The number of allylic oxidation sites excluding steroid dienone is 1. The van der Waals surface area contributed by atoms with Crippen molar-refractivity contribution in [3.8, 4) is 0 Å². The number of aliphatic hydroxyl groups excluding tert-OH is 3. The van der Waals surface area contributed by atoms with Gasteiger partial charge in [0.1, 0.15) is 12.2 Å². The number of carbonyl (C=O) groups is 1. The summed E-state index contributed by atoms with van der Waals surface area (Å²) in [7, 11) is 0. The van der Waals surface area contributed by atoms with Crippen LogP contribution in [0.15, 0.2) is 34.0 Å².